The topological polar surface area (TPSA) is 81.7 Å². The highest BCUT2D eigenvalue weighted by atomic mass is 35.5. The lowest BCUT2D eigenvalue weighted by molar-refractivity contribution is 0.0697. The van der Waals surface area contributed by atoms with E-state index in [2.05, 4.69) is 43.2 Å². The number of nitrogens with one attached hydrogen (secondary N) is 2. The predicted octanol–water partition coefficient (Wildman–Crippen LogP) is 8.28. The Morgan fingerprint density at radius 1 is 0.947 bits per heavy atom. The molecular formula is C29H32ClF2N3O3. The molecule has 0 spiro atoms. The molecule has 38 heavy (non-hydrogen) atoms. The van der Waals surface area contributed by atoms with Crippen molar-refractivity contribution in [1.82, 2.24) is 0 Å². The van der Waals surface area contributed by atoms with Crippen LogP contribution >= 0.6 is 11.6 Å². The number of anilines is 3. The second kappa shape index (κ2) is 12.7. The summed E-state index contributed by atoms with van der Waals surface area (Å²) in [6.07, 6.45) is 1.72. The summed E-state index contributed by atoms with van der Waals surface area (Å²) in [6, 6.07) is 12.0. The molecule has 0 heterocycles. The predicted molar refractivity (Wildman–Crippen MR) is 149 cm³/mol. The van der Waals surface area contributed by atoms with Crippen molar-refractivity contribution in [2.24, 2.45) is 5.92 Å². The van der Waals surface area contributed by atoms with Crippen LogP contribution in [0.3, 0.4) is 0 Å². The van der Waals surface area contributed by atoms with Gasteiger partial charge in [-0.2, -0.15) is 0 Å². The molecule has 0 aliphatic heterocycles. The van der Waals surface area contributed by atoms with Gasteiger partial charge in [0.25, 0.3) is 0 Å². The first-order valence-electron chi connectivity index (χ1n) is 12.5. The van der Waals surface area contributed by atoms with Gasteiger partial charge in [0.1, 0.15) is 11.6 Å². The first kappa shape index (κ1) is 28.9. The summed E-state index contributed by atoms with van der Waals surface area (Å²) in [5.74, 6) is -2.17. The third-order valence-corrected chi connectivity index (χ3v) is 6.44. The average molecular weight is 544 g/mol. The van der Waals surface area contributed by atoms with Crippen molar-refractivity contribution in [2.75, 3.05) is 22.1 Å². The monoisotopic (exact) mass is 543 g/mol. The van der Waals surface area contributed by atoms with Gasteiger partial charge in [0, 0.05) is 17.6 Å². The molecule has 0 saturated heterocycles. The van der Waals surface area contributed by atoms with Crippen molar-refractivity contribution < 1.29 is 23.5 Å². The summed E-state index contributed by atoms with van der Waals surface area (Å²) in [5.41, 5.74) is 1.55. The van der Waals surface area contributed by atoms with E-state index in [-0.39, 0.29) is 27.9 Å². The maximum atomic E-state index is 14.3. The van der Waals surface area contributed by atoms with E-state index in [1.807, 2.05) is 0 Å². The lowest BCUT2D eigenvalue weighted by Gasteiger charge is -2.35. The maximum Gasteiger partial charge on any atom is 0.336 e. The summed E-state index contributed by atoms with van der Waals surface area (Å²) in [4.78, 5) is 27.0. The van der Waals surface area contributed by atoms with Crippen LogP contribution in [0.5, 0.6) is 0 Å². The summed E-state index contributed by atoms with van der Waals surface area (Å²) >= 11 is 5.82. The van der Waals surface area contributed by atoms with Crippen LogP contribution in [-0.4, -0.2) is 29.7 Å². The van der Waals surface area contributed by atoms with Gasteiger partial charge < -0.3 is 20.6 Å². The fourth-order valence-electron chi connectivity index (χ4n) is 4.43. The lowest BCUT2D eigenvalue weighted by atomic mass is 9.97. The first-order valence-corrected chi connectivity index (χ1v) is 12.9. The number of urea groups is 1. The Morgan fingerprint density at radius 2 is 1.63 bits per heavy atom. The van der Waals surface area contributed by atoms with E-state index in [0.717, 1.165) is 36.7 Å². The van der Waals surface area contributed by atoms with Crippen LogP contribution in [0.1, 0.15) is 50.9 Å². The Bertz CT molecular complexity index is 1310. The molecule has 3 aromatic rings. The van der Waals surface area contributed by atoms with E-state index in [1.165, 1.54) is 18.2 Å². The van der Waals surface area contributed by atoms with Crippen molar-refractivity contribution in [3.8, 4) is 11.1 Å². The number of halogens is 3. The molecule has 3 N–H and O–H groups in total. The second-order valence-corrected chi connectivity index (χ2v) is 9.88. The maximum absolute atomic E-state index is 14.3. The van der Waals surface area contributed by atoms with Crippen LogP contribution in [0.2, 0.25) is 5.02 Å². The highest BCUT2D eigenvalue weighted by Crippen LogP contribution is 2.36. The zero-order chi connectivity index (χ0) is 28.0. The molecule has 3 rings (SSSR count). The number of nitrogens with zero attached hydrogens (tertiary/aromatic N) is 1. The highest BCUT2D eigenvalue weighted by molar-refractivity contribution is 6.30. The molecule has 0 bridgehead atoms. The molecule has 2 amide bonds. The minimum absolute atomic E-state index is 0.0538. The number of aromatic carboxylic acids is 1. The zero-order valence-electron chi connectivity index (χ0n) is 21.8. The minimum atomic E-state index is -1.20. The Kier molecular flexibility index (Phi) is 9.69. The standard InChI is InChI=1S/C29H32ClF2N3O3/c1-5-21(6-2)35(16-17(3)4)27-12-7-18(23-15-20(31)9-10-22(23)28(36)37)13-26(27)34-29(38)33-25-11-8-19(30)14-24(25)32/h7-15,17,21H,5-6,16H2,1-4H3,(H,36,37)(H2,33,34,38). The van der Waals surface area contributed by atoms with E-state index in [1.54, 1.807) is 18.2 Å². The molecule has 3 aromatic carbocycles. The molecule has 0 aromatic heterocycles. The van der Waals surface area contributed by atoms with Gasteiger partial charge in [-0.05, 0) is 78.4 Å². The number of carbonyl (C=O) groups is 2. The summed E-state index contributed by atoms with van der Waals surface area (Å²) in [7, 11) is 0. The van der Waals surface area contributed by atoms with E-state index >= 15 is 0 Å². The number of hydrogen-bond donors (Lipinski definition) is 3. The number of carboxylic acids is 1. The van der Waals surface area contributed by atoms with E-state index < -0.39 is 23.6 Å². The smallest absolute Gasteiger partial charge is 0.336 e. The van der Waals surface area contributed by atoms with Gasteiger partial charge in [-0.3, -0.25) is 0 Å². The number of carboxylic acid groups (broad SMARTS) is 1. The highest BCUT2D eigenvalue weighted by Gasteiger charge is 2.23. The third-order valence-electron chi connectivity index (χ3n) is 6.20. The average Bonchev–Trinajstić information content (AvgIpc) is 2.85. The Morgan fingerprint density at radius 3 is 2.24 bits per heavy atom. The van der Waals surface area contributed by atoms with Crippen LogP contribution in [0.25, 0.3) is 11.1 Å². The van der Waals surface area contributed by atoms with E-state index in [4.69, 9.17) is 11.6 Å². The molecule has 0 saturated carbocycles. The minimum Gasteiger partial charge on any atom is -0.478 e. The largest absolute Gasteiger partial charge is 0.478 e. The number of rotatable bonds is 10. The molecule has 0 fully saturated rings. The van der Waals surface area contributed by atoms with Gasteiger partial charge in [0.05, 0.1) is 22.6 Å². The van der Waals surface area contributed by atoms with Crippen molar-refractivity contribution in [1.29, 1.82) is 0 Å². The van der Waals surface area contributed by atoms with Crippen molar-refractivity contribution in [2.45, 2.75) is 46.6 Å². The number of carbonyl (C=O) groups excluding carboxylic acids is 1. The Balaban J connectivity index is 2.12. The van der Waals surface area contributed by atoms with Crippen molar-refractivity contribution >= 4 is 40.7 Å². The Hall–Kier alpha value is -3.65. The quantitative estimate of drug-likeness (QED) is 0.240. The molecule has 0 aliphatic rings. The molecule has 202 valence electrons. The van der Waals surface area contributed by atoms with Gasteiger partial charge in [-0.1, -0.05) is 45.4 Å². The van der Waals surface area contributed by atoms with Gasteiger partial charge in [0.2, 0.25) is 0 Å². The van der Waals surface area contributed by atoms with Crippen LogP contribution in [-0.2, 0) is 0 Å². The molecule has 9 heteroatoms. The fraction of sp³-hybridized carbons (Fsp3) is 0.310. The summed E-state index contributed by atoms with van der Waals surface area (Å²) < 4.78 is 28.5. The zero-order valence-corrected chi connectivity index (χ0v) is 22.6. The number of benzene rings is 3. The SMILES string of the molecule is CCC(CC)N(CC(C)C)c1ccc(-c2cc(F)ccc2C(=O)O)cc1NC(=O)Nc1ccc(Cl)cc1F. The first-order chi connectivity index (χ1) is 18.0. The van der Waals surface area contributed by atoms with Gasteiger partial charge in [-0.25, -0.2) is 18.4 Å². The van der Waals surface area contributed by atoms with Gasteiger partial charge in [-0.15, -0.1) is 0 Å². The molecule has 0 aliphatic carbocycles. The van der Waals surface area contributed by atoms with Crippen LogP contribution in [0.4, 0.5) is 30.6 Å². The van der Waals surface area contributed by atoms with E-state index in [0.29, 0.717) is 23.7 Å². The van der Waals surface area contributed by atoms with E-state index in [9.17, 15) is 23.5 Å². The fourth-order valence-corrected chi connectivity index (χ4v) is 4.59. The molecule has 6 nitrogen and oxygen atoms in total. The van der Waals surface area contributed by atoms with Gasteiger partial charge in [0.15, 0.2) is 0 Å². The normalized spacial score (nSPS) is 11.1. The van der Waals surface area contributed by atoms with Crippen LogP contribution in [0.15, 0.2) is 54.6 Å². The number of amides is 2. The van der Waals surface area contributed by atoms with Crippen molar-refractivity contribution in [3.63, 3.8) is 0 Å². The third kappa shape index (κ3) is 7.01. The molecule has 0 radical (unpaired) electrons. The van der Waals surface area contributed by atoms with Crippen molar-refractivity contribution in [3.05, 3.63) is 76.8 Å². The Labute approximate surface area is 226 Å². The molecule has 0 atom stereocenters. The summed E-state index contributed by atoms with van der Waals surface area (Å²) in [5, 5.41) is 15.2. The van der Waals surface area contributed by atoms with Crippen LogP contribution < -0.4 is 15.5 Å². The molecule has 0 unspecified atom stereocenters. The summed E-state index contributed by atoms with van der Waals surface area (Å²) in [6.45, 7) is 9.07. The van der Waals surface area contributed by atoms with Crippen LogP contribution in [0, 0.1) is 17.6 Å². The lowest BCUT2D eigenvalue weighted by Crippen LogP contribution is -2.38. The number of hydrogen-bond acceptors (Lipinski definition) is 3. The molecular weight excluding hydrogens is 512 g/mol. The van der Waals surface area contributed by atoms with Gasteiger partial charge >= 0.3 is 12.0 Å². The second-order valence-electron chi connectivity index (χ2n) is 9.45.